The third-order valence-corrected chi connectivity index (χ3v) is 5.60. The minimum atomic E-state index is -0.411. The van der Waals surface area contributed by atoms with Gasteiger partial charge in [0.2, 0.25) is 0 Å². The molecule has 0 aliphatic carbocycles. The predicted octanol–water partition coefficient (Wildman–Crippen LogP) is 4.12. The number of nitrogens with two attached hydrogens (primary N) is 2. The molecule has 0 saturated heterocycles. The lowest BCUT2D eigenvalue weighted by molar-refractivity contribution is 0.101. The van der Waals surface area contributed by atoms with Crippen molar-refractivity contribution in [2.24, 2.45) is 16.5 Å². The topological polar surface area (TPSA) is 81.5 Å². The van der Waals surface area contributed by atoms with E-state index < -0.39 is 5.91 Å². The lowest BCUT2D eigenvalue weighted by atomic mass is 10.2. The SMILES string of the molecule is NC(N)=NC(=O)c1ccc(-c2cccc(SCc3ccccc3)c2)s1. The van der Waals surface area contributed by atoms with Gasteiger partial charge >= 0.3 is 0 Å². The quantitative estimate of drug-likeness (QED) is 0.404. The second-order valence-electron chi connectivity index (χ2n) is 5.31. The van der Waals surface area contributed by atoms with Crippen LogP contribution in [0.4, 0.5) is 0 Å². The van der Waals surface area contributed by atoms with Crippen LogP contribution in [0.3, 0.4) is 0 Å². The van der Waals surface area contributed by atoms with Crippen molar-refractivity contribution in [1.29, 1.82) is 0 Å². The van der Waals surface area contributed by atoms with Crippen molar-refractivity contribution in [3.8, 4) is 10.4 Å². The Morgan fingerprint density at radius 3 is 2.56 bits per heavy atom. The largest absolute Gasteiger partial charge is 0.370 e. The van der Waals surface area contributed by atoms with E-state index in [1.807, 2.05) is 36.4 Å². The van der Waals surface area contributed by atoms with Crippen LogP contribution in [-0.4, -0.2) is 11.9 Å². The van der Waals surface area contributed by atoms with Crippen molar-refractivity contribution in [1.82, 2.24) is 0 Å². The molecule has 6 heteroatoms. The first-order valence-electron chi connectivity index (χ1n) is 7.63. The average molecular weight is 367 g/mol. The van der Waals surface area contributed by atoms with Crippen LogP contribution < -0.4 is 11.5 Å². The van der Waals surface area contributed by atoms with Gasteiger partial charge in [0.1, 0.15) is 0 Å². The van der Waals surface area contributed by atoms with Gasteiger partial charge < -0.3 is 11.5 Å². The highest BCUT2D eigenvalue weighted by atomic mass is 32.2. The number of carbonyl (C=O) groups excluding carboxylic acids is 1. The van der Waals surface area contributed by atoms with Gasteiger partial charge in [-0.2, -0.15) is 4.99 Å². The molecule has 4 nitrogen and oxygen atoms in total. The van der Waals surface area contributed by atoms with Crippen molar-refractivity contribution < 1.29 is 4.79 Å². The second-order valence-corrected chi connectivity index (χ2v) is 7.44. The van der Waals surface area contributed by atoms with E-state index in [2.05, 4.69) is 29.3 Å². The van der Waals surface area contributed by atoms with Gasteiger partial charge in [-0.05, 0) is 35.4 Å². The summed E-state index contributed by atoms with van der Waals surface area (Å²) in [5, 5.41) is 0. The molecule has 126 valence electrons. The molecule has 0 spiro atoms. The van der Waals surface area contributed by atoms with Gasteiger partial charge in [0.05, 0.1) is 4.88 Å². The minimum Gasteiger partial charge on any atom is -0.370 e. The van der Waals surface area contributed by atoms with Gasteiger partial charge in [0, 0.05) is 15.5 Å². The van der Waals surface area contributed by atoms with Crippen LogP contribution in [0.25, 0.3) is 10.4 Å². The van der Waals surface area contributed by atoms with E-state index in [1.165, 1.54) is 21.8 Å². The van der Waals surface area contributed by atoms with E-state index in [4.69, 9.17) is 11.5 Å². The number of benzene rings is 2. The number of rotatable bonds is 5. The normalized spacial score (nSPS) is 10.4. The molecule has 0 aliphatic rings. The van der Waals surface area contributed by atoms with Crippen LogP contribution in [0.5, 0.6) is 0 Å². The van der Waals surface area contributed by atoms with Gasteiger partial charge in [-0.3, -0.25) is 4.79 Å². The first kappa shape index (κ1) is 17.3. The molecule has 3 aromatic rings. The molecule has 1 heterocycles. The number of nitrogens with zero attached hydrogens (tertiary/aromatic N) is 1. The lowest BCUT2D eigenvalue weighted by Gasteiger charge is -2.04. The van der Waals surface area contributed by atoms with Gasteiger partial charge in [-0.1, -0.05) is 42.5 Å². The zero-order valence-corrected chi connectivity index (χ0v) is 15.0. The van der Waals surface area contributed by atoms with Crippen LogP contribution in [-0.2, 0) is 5.75 Å². The molecule has 2 aromatic carbocycles. The van der Waals surface area contributed by atoms with Crippen LogP contribution in [0.2, 0.25) is 0 Å². The molecule has 0 bridgehead atoms. The van der Waals surface area contributed by atoms with Crippen LogP contribution >= 0.6 is 23.1 Å². The summed E-state index contributed by atoms with van der Waals surface area (Å²) < 4.78 is 0. The molecule has 1 amide bonds. The fraction of sp³-hybridized carbons (Fsp3) is 0.0526. The molecule has 1 aromatic heterocycles. The second kappa shape index (κ2) is 8.00. The first-order valence-corrected chi connectivity index (χ1v) is 9.43. The average Bonchev–Trinajstić information content (AvgIpc) is 3.11. The van der Waals surface area contributed by atoms with Crippen molar-refractivity contribution in [2.45, 2.75) is 10.6 Å². The molecule has 0 saturated carbocycles. The number of guanidine groups is 1. The third kappa shape index (κ3) is 4.71. The molecular weight excluding hydrogens is 350 g/mol. The molecule has 0 aliphatic heterocycles. The molecule has 4 N–H and O–H groups in total. The van der Waals surface area contributed by atoms with Crippen molar-refractivity contribution in [3.05, 3.63) is 77.2 Å². The predicted molar refractivity (Wildman–Crippen MR) is 106 cm³/mol. The lowest BCUT2D eigenvalue weighted by Crippen LogP contribution is -2.24. The molecule has 0 fully saturated rings. The Balaban J connectivity index is 1.74. The van der Waals surface area contributed by atoms with Crippen molar-refractivity contribution in [2.75, 3.05) is 0 Å². The fourth-order valence-electron chi connectivity index (χ4n) is 2.26. The highest BCUT2D eigenvalue weighted by Crippen LogP contribution is 2.32. The first-order chi connectivity index (χ1) is 12.1. The summed E-state index contributed by atoms with van der Waals surface area (Å²) in [5.41, 5.74) is 12.9. The van der Waals surface area contributed by atoms with E-state index in [-0.39, 0.29) is 5.96 Å². The summed E-state index contributed by atoms with van der Waals surface area (Å²) in [5.74, 6) is 0.285. The molecule has 25 heavy (non-hydrogen) atoms. The highest BCUT2D eigenvalue weighted by molar-refractivity contribution is 7.98. The molecule has 0 atom stereocenters. The van der Waals surface area contributed by atoms with Gasteiger partial charge in [0.25, 0.3) is 5.91 Å². The summed E-state index contributed by atoms with van der Waals surface area (Å²) in [6.45, 7) is 0. The maximum absolute atomic E-state index is 11.9. The van der Waals surface area contributed by atoms with Crippen molar-refractivity contribution >= 4 is 35.0 Å². The van der Waals surface area contributed by atoms with E-state index in [1.54, 1.807) is 17.8 Å². The zero-order chi connectivity index (χ0) is 17.6. The monoisotopic (exact) mass is 367 g/mol. The minimum absolute atomic E-state index is 0.223. The van der Waals surface area contributed by atoms with Gasteiger partial charge in [-0.25, -0.2) is 0 Å². The molecule has 0 unspecified atom stereocenters. The number of carbonyl (C=O) groups is 1. The Morgan fingerprint density at radius 2 is 1.80 bits per heavy atom. The maximum atomic E-state index is 11.9. The molecular formula is C19H17N3OS2. The molecule has 3 rings (SSSR count). The molecule has 0 radical (unpaired) electrons. The summed E-state index contributed by atoms with van der Waals surface area (Å²) in [6.07, 6.45) is 0. The van der Waals surface area contributed by atoms with Crippen molar-refractivity contribution in [3.63, 3.8) is 0 Å². The Kier molecular flexibility index (Phi) is 5.53. The van der Waals surface area contributed by atoms with E-state index in [0.29, 0.717) is 4.88 Å². The number of hydrogen-bond acceptors (Lipinski definition) is 3. The van der Waals surface area contributed by atoms with Gasteiger partial charge in [-0.15, -0.1) is 23.1 Å². The number of amides is 1. The Labute approximate surface area is 154 Å². The summed E-state index contributed by atoms with van der Waals surface area (Å²) in [7, 11) is 0. The summed E-state index contributed by atoms with van der Waals surface area (Å²) >= 11 is 3.17. The smallest absolute Gasteiger partial charge is 0.290 e. The van der Waals surface area contributed by atoms with E-state index in [9.17, 15) is 4.79 Å². The zero-order valence-electron chi connectivity index (χ0n) is 13.4. The summed E-state index contributed by atoms with van der Waals surface area (Å²) in [4.78, 5) is 18.2. The standard InChI is InChI=1S/C19H17N3OS2/c20-19(21)22-18(23)17-10-9-16(25-17)14-7-4-8-15(11-14)24-12-13-5-2-1-3-6-13/h1-11H,12H2,(H4,20,21,22,23). The van der Waals surface area contributed by atoms with Crippen LogP contribution in [0.15, 0.2) is 76.6 Å². The Hall–Kier alpha value is -2.57. The fourth-order valence-corrected chi connectivity index (χ4v) is 4.06. The Morgan fingerprint density at radius 1 is 1.00 bits per heavy atom. The third-order valence-electron chi connectivity index (χ3n) is 3.41. The Bertz CT molecular complexity index is 900. The van der Waals surface area contributed by atoms with Crippen LogP contribution in [0.1, 0.15) is 15.2 Å². The number of hydrogen-bond donors (Lipinski definition) is 2. The summed E-state index contributed by atoms with van der Waals surface area (Å²) in [6, 6.07) is 22.3. The highest BCUT2D eigenvalue weighted by Gasteiger charge is 2.10. The van der Waals surface area contributed by atoms with Crippen LogP contribution in [0, 0.1) is 0 Å². The van der Waals surface area contributed by atoms with Gasteiger partial charge in [0.15, 0.2) is 5.96 Å². The van der Waals surface area contributed by atoms with E-state index >= 15 is 0 Å². The number of thiophene rings is 1. The number of thioether (sulfide) groups is 1. The number of aliphatic imine (C=N–C) groups is 1. The maximum Gasteiger partial charge on any atom is 0.290 e. The van der Waals surface area contributed by atoms with E-state index in [0.717, 1.165) is 16.2 Å².